The summed E-state index contributed by atoms with van der Waals surface area (Å²) in [4.78, 5) is 0. The predicted molar refractivity (Wildman–Crippen MR) is 65.7 cm³/mol. The number of hydrogen-bond acceptors (Lipinski definition) is 0. The Morgan fingerprint density at radius 2 is 2.00 bits per heavy atom. The first-order valence-electron chi connectivity index (χ1n) is 5.35. The molecule has 1 aromatic rings. The lowest BCUT2D eigenvalue weighted by Crippen LogP contribution is -1.85. The van der Waals surface area contributed by atoms with E-state index in [-0.39, 0.29) is 0 Å². The van der Waals surface area contributed by atoms with E-state index in [9.17, 15) is 0 Å². The molecule has 1 aromatic carbocycles. The van der Waals surface area contributed by atoms with Crippen molar-refractivity contribution < 1.29 is 0 Å². The van der Waals surface area contributed by atoms with Gasteiger partial charge in [-0.2, -0.15) is 0 Å². The molecule has 2 rings (SSSR count). The molecule has 0 unspecified atom stereocenters. The number of hydrogen-bond donors (Lipinski definition) is 0. The van der Waals surface area contributed by atoms with Gasteiger partial charge in [0.15, 0.2) is 0 Å². The van der Waals surface area contributed by atoms with E-state index in [1.165, 1.54) is 22.3 Å². The highest BCUT2D eigenvalue weighted by Gasteiger charge is 2.07. The quantitative estimate of drug-likeness (QED) is 0.683. The van der Waals surface area contributed by atoms with Crippen molar-refractivity contribution in [3.05, 3.63) is 71.3 Å². The zero-order valence-electron chi connectivity index (χ0n) is 9.16. The third kappa shape index (κ3) is 2.47. The van der Waals surface area contributed by atoms with Gasteiger partial charge in [0.1, 0.15) is 0 Å². The largest absolute Gasteiger partial charge is 0.0958 e. The Hall–Kier alpha value is -1.56. The molecule has 0 saturated carbocycles. The number of rotatable bonds is 3. The van der Waals surface area contributed by atoms with E-state index in [0.717, 1.165) is 12.8 Å². The SMILES string of the molecule is C=C(C)C1=CC(Cc2ccccc2)=CC1. The molecule has 1 aliphatic carbocycles. The fourth-order valence-corrected chi connectivity index (χ4v) is 1.83. The molecule has 0 radical (unpaired) electrons. The van der Waals surface area contributed by atoms with Gasteiger partial charge in [0.05, 0.1) is 0 Å². The normalized spacial score (nSPS) is 14.7. The molecule has 0 spiro atoms. The van der Waals surface area contributed by atoms with Crippen LogP contribution in [0.15, 0.2) is 65.8 Å². The number of benzene rings is 1. The van der Waals surface area contributed by atoms with E-state index >= 15 is 0 Å². The molecule has 1 aliphatic rings. The summed E-state index contributed by atoms with van der Waals surface area (Å²) in [6, 6.07) is 10.6. The Kier molecular flexibility index (Phi) is 2.86. The molecule has 0 fully saturated rings. The molecule has 0 amide bonds. The van der Waals surface area contributed by atoms with Crippen LogP contribution in [0.1, 0.15) is 18.9 Å². The van der Waals surface area contributed by atoms with Gasteiger partial charge in [0.25, 0.3) is 0 Å². The Morgan fingerprint density at radius 3 is 2.60 bits per heavy atom. The molecule has 0 atom stereocenters. The van der Waals surface area contributed by atoms with E-state index in [1.807, 2.05) is 0 Å². The first-order chi connectivity index (χ1) is 7.25. The van der Waals surface area contributed by atoms with Crippen molar-refractivity contribution in [2.75, 3.05) is 0 Å². The molecule has 0 saturated heterocycles. The highest BCUT2D eigenvalue weighted by Crippen LogP contribution is 2.24. The first kappa shape index (κ1) is 9.97. The summed E-state index contributed by atoms with van der Waals surface area (Å²) < 4.78 is 0. The summed E-state index contributed by atoms with van der Waals surface area (Å²) in [6.07, 6.45) is 6.67. The smallest absolute Gasteiger partial charge is 0.00287 e. The van der Waals surface area contributed by atoms with Gasteiger partial charge in [0, 0.05) is 0 Å². The molecule has 0 heteroatoms. The van der Waals surface area contributed by atoms with Crippen molar-refractivity contribution in [2.24, 2.45) is 0 Å². The lowest BCUT2D eigenvalue weighted by Gasteiger charge is -2.00. The highest BCUT2D eigenvalue weighted by molar-refractivity contribution is 5.43. The Labute approximate surface area is 91.6 Å². The second-order valence-electron chi connectivity index (χ2n) is 4.10. The standard InChI is InChI=1S/C15H16/c1-12(2)15-9-8-14(11-15)10-13-6-4-3-5-7-13/h3-8,11H,1,9-10H2,2H3. The average Bonchev–Trinajstić information content (AvgIpc) is 2.68. The predicted octanol–water partition coefficient (Wildman–Crippen LogP) is 4.06. The van der Waals surface area contributed by atoms with Crippen LogP contribution < -0.4 is 0 Å². The van der Waals surface area contributed by atoms with E-state index in [2.05, 4.69) is 56.0 Å². The van der Waals surface area contributed by atoms with Gasteiger partial charge in [-0.1, -0.05) is 54.6 Å². The van der Waals surface area contributed by atoms with E-state index in [0.29, 0.717) is 0 Å². The molecule has 0 bridgehead atoms. The molecule has 76 valence electrons. The maximum Gasteiger partial charge on any atom is -0.00287 e. The summed E-state index contributed by atoms with van der Waals surface area (Å²) in [5.41, 5.74) is 5.36. The summed E-state index contributed by atoms with van der Waals surface area (Å²) >= 11 is 0. The van der Waals surface area contributed by atoms with E-state index in [4.69, 9.17) is 0 Å². The van der Waals surface area contributed by atoms with Crippen molar-refractivity contribution in [1.82, 2.24) is 0 Å². The van der Waals surface area contributed by atoms with Crippen molar-refractivity contribution in [3.8, 4) is 0 Å². The van der Waals surface area contributed by atoms with Gasteiger partial charge in [-0.25, -0.2) is 0 Å². The van der Waals surface area contributed by atoms with Crippen LogP contribution in [0.4, 0.5) is 0 Å². The van der Waals surface area contributed by atoms with Crippen LogP contribution in [0.2, 0.25) is 0 Å². The van der Waals surface area contributed by atoms with Crippen LogP contribution in [0.25, 0.3) is 0 Å². The van der Waals surface area contributed by atoms with Gasteiger partial charge in [-0.15, -0.1) is 0 Å². The topological polar surface area (TPSA) is 0 Å². The fraction of sp³-hybridized carbons (Fsp3) is 0.200. The third-order valence-electron chi connectivity index (χ3n) is 2.74. The first-order valence-corrected chi connectivity index (χ1v) is 5.35. The summed E-state index contributed by atoms with van der Waals surface area (Å²) in [7, 11) is 0. The summed E-state index contributed by atoms with van der Waals surface area (Å²) in [5.74, 6) is 0. The molecular formula is C15H16. The summed E-state index contributed by atoms with van der Waals surface area (Å²) in [6.45, 7) is 6.05. The minimum absolute atomic E-state index is 1.04. The molecule has 0 N–H and O–H groups in total. The molecule has 0 nitrogen and oxygen atoms in total. The van der Waals surface area contributed by atoms with Crippen LogP contribution in [0.5, 0.6) is 0 Å². The minimum Gasteiger partial charge on any atom is -0.0958 e. The van der Waals surface area contributed by atoms with Gasteiger partial charge in [0.2, 0.25) is 0 Å². The van der Waals surface area contributed by atoms with Crippen LogP contribution in [0.3, 0.4) is 0 Å². The Morgan fingerprint density at radius 1 is 1.27 bits per heavy atom. The Bertz CT molecular complexity index is 419. The second kappa shape index (κ2) is 4.31. The van der Waals surface area contributed by atoms with Crippen LogP contribution in [-0.2, 0) is 6.42 Å². The highest BCUT2D eigenvalue weighted by atomic mass is 14.1. The molecular weight excluding hydrogens is 180 g/mol. The Balaban J connectivity index is 2.07. The van der Waals surface area contributed by atoms with E-state index in [1.54, 1.807) is 0 Å². The van der Waals surface area contributed by atoms with Crippen LogP contribution in [-0.4, -0.2) is 0 Å². The second-order valence-corrected chi connectivity index (χ2v) is 4.10. The molecule has 0 aromatic heterocycles. The maximum absolute atomic E-state index is 3.98. The van der Waals surface area contributed by atoms with Crippen LogP contribution in [0, 0.1) is 0 Å². The maximum atomic E-state index is 3.98. The summed E-state index contributed by atoms with van der Waals surface area (Å²) in [5, 5.41) is 0. The van der Waals surface area contributed by atoms with Crippen molar-refractivity contribution in [3.63, 3.8) is 0 Å². The van der Waals surface area contributed by atoms with Crippen LogP contribution >= 0.6 is 0 Å². The minimum atomic E-state index is 1.04. The lowest BCUT2D eigenvalue weighted by molar-refractivity contribution is 1.20. The fourth-order valence-electron chi connectivity index (χ4n) is 1.83. The monoisotopic (exact) mass is 196 g/mol. The van der Waals surface area contributed by atoms with Gasteiger partial charge < -0.3 is 0 Å². The average molecular weight is 196 g/mol. The van der Waals surface area contributed by atoms with Gasteiger partial charge >= 0.3 is 0 Å². The number of allylic oxidation sites excluding steroid dienone is 5. The van der Waals surface area contributed by atoms with E-state index < -0.39 is 0 Å². The van der Waals surface area contributed by atoms with Crippen molar-refractivity contribution in [2.45, 2.75) is 19.8 Å². The van der Waals surface area contributed by atoms with Crippen molar-refractivity contribution in [1.29, 1.82) is 0 Å². The third-order valence-corrected chi connectivity index (χ3v) is 2.74. The molecule has 0 aliphatic heterocycles. The van der Waals surface area contributed by atoms with Crippen molar-refractivity contribution >= 4 is 0 Å². The van der Waals surface area contributed by atoms with Gasteiger partial charge in [-0.05, 0) is 36.5 Å². The zero-order chi connectivity index (χ0) is 10.7. The van der Waals surface area contributed by atoms with Gasteiger partial charge in [-0.3, -0.25) is 0 Å². The lowest BCUT2D eigenvalue weighted by atomic mass is 10.1. The molecule has 0 heterocycles. The molecule has 15 heavy (non-hydrogen) atoms. The zero-order valence-corrected chi connectivity index (χ0v) is 9.16.